The number of benzene rings is 1. The summed E-state index contributed by atoms with van der Waals surface area (Å²) in [5, 5.41) is 3.27. The normalized spacial score (nSPS) is 14.5. The molecule has 2 rings (SSSR count). The Morgan fingerprint density at radius 3 is 2.33 bits per heavy atom. The number of likely N-dealkylation sites (N-methyl/N-ethyl adjacent to an activating group) is 1. The van der Waals surface area contributed by atoms with Crippen LogP contribution in [-0.2, 0) is 14.4 Å². The van der Waals surface area contributed by atoms with Crippen molar-refractivity contribution in [2.45, 2.75) is 11.8 Å². The van der Waals surface area contributed by atoms with Crippen molar-refractivity contribution in [1.29, 1.82) is 0 Å². The Morgan fingerprint density at radius 1 is 1.12 bits per heavy atom. The fraction of sp³-hybridized carbons (Fsp3) is 0.333. The number of carbonyl (C=O) groups is 4. The molecule has 1 aromatic carbocycles. The van der Waals surface area contributed by atoms with Crippen LogP contribution in [0.5, 0.6) is 0 Å². The zero-order chi connectivity index (χ0) is 17.7. The van der Waals surface area contributed by atoms with Crippen molar-refractivity contribution in [3.8, 4) is 0 Å². The summed E-state index contributed by atoms with van der Waals surface area (Å²) < 4.78 is 0. The number of nitrogens with zero attached hydrogens (tertiary/aromatic N) is 2. The maximum absolute atomic E-state index is 11.9. The van der Waals surface area contributed by atoms with Crippen LogP contribution < -0.4 is 5.32 Å². The largest absolute Gasteiger partial charge is 0.354 e. The quantitative estimate of drug-likeness (QED) is 0.339. The second kappa shape index (κ2) is 8.16. The van der Waals surface area contributed by atoms with E-state index in [1.807, 2.05) is 12.1 Å². The molecule has 0 saturated carbocycles. The molecule has 0 atom stereocenters. The molecule has 0 spiro atoms. The predicted molar refractivity (Wildman–Crippen MR) is 89.7 cm³/mol. The minimum absolute atomic E-state index is 0.0965. The number of carbonyl (C=O) groups excluding carboxylic acids is 4. The van der Waals surface area contributed by atoms with Crippen LogP contribution in [0.25, 0.3) is 0 Å². The van der Waals surface area contributed by atoms with Gasteiger partial charge in [0.1, 0.15) is 6.54 Å². The maximum Gasteiger partial charge on any atom is 0.334 e. The van der Waals surface area contributed by atoms with E-state index >= 15 is 0 Å². The average molecular weight is 370 g/mol. The van der Waals surface area contributed by atoms with Crippen molar-refractivity contribution < 1.29 is 19.2 Å². The van der Waals surface area contributed by atoms with Gasteiger partial charge in [-0.3, -0.25) is 19.3 Å². The SMILES string of the molecule is CCN1C(=O)C(=O)N(CC(=O)NCCSc2ccc(Cl)cc2)C1=O. The van der Waals surface area contributed by atoms with Gasteiger partial charge in [0.2, 0.25) is 5.91 Å². The summed E-state index contributed by atoms with van der Waals surface area (Å²) in [6.07, 6.45) is 0. The van der Waals surface area contributed by atoms with Crippen LogP contribution >= 0.6 is 23.4 Å². The smallest absolute Gasteiger partial charge is 0.334 e. The van der Waals surface area contributed by atoms with Crippen molar-refractivity contribution in [1.82, 2.24) is 15.1 Å². The first kappa shape index (κ1) is 18.3. The molecule has 0 bridgehead atoms. The Balaban J connectivity index is 1.75. The first-order chi connectivity index (χ1) is 11.4. The second-order valence-corrected chi connectivity index (χ2v) is 6.48. The van der Waals surface area contributed by atoms with Crippen molar-refractivity contribution >= 4 is 47.1 Å². The Hall–Kier alpha value is -2.06. The van der Waals surface area contributed by atoms with E-state index in [0.717, 1.165) is 9.80 Å². The summed E-state index contributed by atoms with van der Waals surface area (Å²) in [6, 6.07) is 6.56. The van der Waals surface area contributed by atoms with E-state index in [2.05, 4.69) is 5.32 Å². The highest BCUT2D eigenvalue weighted by Crippen LogP contribution is 2.19. The molecule has 1 saturated heterocycles. The molecule has 128 valence electrons. The molecule has 5 amide bonds. The molecular formula is C15H16ClN3O4S. The molecule has 0 radical (unpaired) electrons. The number of hydrogen-bond acceptors (Lipinski definition) is 5. The second-order valence-electron chi connectivity index (χ2n) is 4.88. The van der Waals surface area contributed by atoms with Crippen LogP contribution in [0.3, 0.4) is 0 Å². The fourth-order valence-electron chi connectivity index (χ4n) is 2.06. The lowest BCUT2D eigenvalue weighted by Gasteiger charge is -2.13. The average Bonchev–Trinajstić information content (AvgIpc) is 2.76. The lowest BCUT2D eigenvalue weighted by molar-refractivity contribution is -0.143. The molecular weight excluding hydrogens is 354 g/mol. The van der Waals surface area contributed by atoms with E-state index in [1.165, 1.54) is 11.8 Å². The van der Waals surface area contributed by atoms with Gasteiger partial charge in [-0.2, -0.15) is 0 Å². The Kier molecular flexibility index (Phi) is 6.22. The van der Waals surface area contributed by atoms with Gasteiger partial charge in [0.25, 0.3) is 0 Å². The van der Waals surface area contributed by atoms with Crippen molar-refractivity contribution in [2.24, 2.45) is 0 Å². The van der Waals surface area contributed by atoms with Crippen LogP contribution in [0.1, 0.15) is 6.92 Å². The number of thioether (sulfide) groups is 1. The first-order valence-electron chi connectivity index (χ1n) is 7.26. The molecule has 0 aliphatic carbocycles. The van der Waals surface area contributed by atoms with Crippen LogP contribution in [-0.4, -0.2) is 58.9 Å². The number of nitrogens with one attached hydrogen (secondary N) is 1. The monoisotopic (exact) mass is 369 g/mol. The molecule has 24 heavy (non-hydrogen) atoms. The number of rotatable bonds is 7. The number of urea groups is 1. The molecule has 1 N–H and O–H groups in total. The van der Waals surface area contributed by atoms with Gasteiger partial charge in [0.15, 0.2) is 0 Å². The van der Waals surface area contributed by atoms with Crippen molar-refractivity contribution in [3.63, 3.8) is 0 Å². The summed E-state index contributed by atoms with van der Waals surface area (Å²) in [5.41, 5.74) is 0. The highest BCUT2D eigenvalue weighted by molar-refractivity contribution is 7.99. The predicted octanol–water partition coefficient (Wildman–Crippen LogP) is 1.36. The van der Waals surface area contributed by atoms with Crippen LogP contribution in [0.4, 0.5) is 4.79 Å². The van der Waals surface area contributed by atoms with Crippen molar-refractivity contribution in [3.05, 3.63) is 29.3 Å². The fourth-order valence-corrected chi connectivity index (χ4v) is 2.95. The first-order valence-corrected chi connectivity index (χ1v) is 8.62. The minimum atomic E-state index is -0.965. The van der Waals surface area contributed by atoms with Gasteiger partial charge < -0.3 is 5.32 Å². The third kappa shape index (κ3) is 4.27. The minimum Gasteiger partial charge on any atom is -0.354 e. The van der Waals surface area contributed by atoms with E-state index in [-0.39, 0.29) is 6.54 Å². The molecule has 1 fully saturated rings. The summed E-state index contributed by atoms with van der Waals surface area (Å²) in [7, 11) is 0. The zero-order valence-corrected chi connectivity index (χ0v) is 14.5. The van der Waals surface area contributed by atoms with Gasteiger partial charge in [0, 0.05) is 28.8 Å². The molecule has 1 aliphatic rings. The van der Waals surface area contributed by atoms with E-state index < -0.39 is 30.3 Å². The molecule has 0 unspecified atom stereocenters. The Bertz CT molecular complexity index is 665. The lowest BCUT2D eigenvalue weighted by Crippen LogP contribution is -2.42. The van der Waals surface area contributed by atoms with Gasteiger partial charge in [-0.15, -0.1) is 11.8 Å². The van der Waals surface area contributed by atoms with Crippen LogP contribution in [0.2, 0.25) is 5.02 Å². The van der Waals surface area contributed by atoms with E-state index in [9.17, 15) is 19.2 Å². The van der Waals surface area contributed by atoms with Gasteiger partial charge in [0.05, 0.1) is 0 Å². The van der Waals surface area contributed by atoms with E-state index in [4.69, 9.17) is 11.6 Å². The van der Waals surface area contributed by atoms with Crippen LogP contribution in [0.15, 0.2) is 29.2 Å². The van der Waals surface area contributed by atoms with Gasteiger partial charge in [-0.25, -0.2) is 9.69 Å². The third-order valence-electron chi connectivity index (χ3n) is 3.26. The highest BCUT2D eigenvalue weighted by Gasteiger charge is 2.44. The number of imide groups is 2. The van der Waals surface area contributed by atoms with Crippen molar-refractivity contribution in [2.75, 3.05) is 25.4 Å². The molecule has 1 heterocycles. The maximum atomic E-state index is 11.9. The summed E-state index contributed by atoms with van der Waals surface area (Å²) >= 11 is 7.33. The topological polar surface area (TPSA) is 86.8 Å². The van der Waals surface area contributed by atoms with E-state index in [1.54, 1.807) is 19.1 Å². The number of hydrogen-bond donors (Lipinski definition) is 1. The third-order valence-corrected chi connectivity index (χ3v) is 4.53. The lowest BCUT2D eigenvalue weighted by atomic mass is 10.4. The molecule has 0 aromatic heterocycles. The summed E-state index contributed by atoms with van der Waals surface area (Å²) in [4.78, 5) is 49.4. The summed E-state index contributed by atoms with van der Waals surface area (Å²) in [6.45, 7) is 1.60. The molecule has 1 aliphatic heterocycles. The standard InChI is InChI=1S/C15H16ClN3O4S/c1-2-18-13(21)14(22)19(15(18)23)9-12(20)17-7-8-24-11-5-3-10(16)4-6-11/h3-6H,2,7-9H2,1H3,(H,17,20). The van der Waals surface area contributed by atoms with E-state index in [0.29, 0.717) is 22.2 Å². The summed E-state index contributed by atoms with van der Waals surface area (Å²) in [5.74, 6) is -1.73. The number of halogens is 1. The van der Waals surface area contributed by atoms with Gasteiger partial charge >= 0.3 is 17.8 Å². The highest BCUT2D eigenvalue weighted by atomic mass is 35.5. The Labute approximate surface area is 148 Å². The molecule has 7 nitrogen and oxygen atoms in total. The van der Waals surface area contributed by atoms with Gasteiger partial charge in [-0.05, 0) is 31.2 Å². The molecule has 9 heteroatoms. The zero-order valence-electron chi connectivity index (χ0n) is 13.0. The Morgan fingerprint density at radius 2 is 1.75 bits per heavy atom. The molecule has 1 aromatic rings. The number of amides is 5. The van der Waals surface area contributed by atoms with Gasteiger partial charge in [-0.1, -0.05) is 11.6 Å². The van der Waals surface area contributed by atoms with Crippen LogP contribution in [0, 0.1) is 0 Å².